The molecule has 1 heterocycles. The van der Waals surface area contributed by atoms with Crippen molar-refractivity contribution in [1.82, 2.24) is 4.90 Å². The molecule has 29 heavy (non-hydrogen) atoms. The molecule has 0 N–H and O–H groups in total. The average Bonchev–Trinajstić information content (AvgIpc) is 3.07. The summed E-state index contributed by atoms with van der Waals surface area (Å²) in [5.41, 5.74) is 2.05. The lowest BCUT2D eigenvalue weighted by atomic mass is 10.1. The van der Waals surface area contributed by atoms with E-state index in [1.54, 1.807) is 46.4 Å². The van der Waals surface area contributed by atoms with Gasteiger partial charge < -0.3 is 23.5 Å². The van der Waals surface area contributed by atoms with Crippen molar-refractivity contribution < 1.29 is 28.2 Å². The van der Waals surface area contributed by atoms with E-state index >= 15 is 0 Å². The van der Waals surface area contributed by atoms with Crippen molar-refractivity contribution in [2.75, 3.05) is 27.9 Å². The molecule has 3 aromatic rings. The number of furan rings is 1. The normalized spacial score (nSPS) is 10.6. The summed E-state index contributed by atoms with van der Waals surface area (Å²) >= 11 is 0. The van der Waals surface area contributed by atoms with Crippen LogP contribution >= 0.6 is 0 Å². The van der Waals surface area contributed by atoms with E-state index in [1.807, 2.05) is 24.3 Å². The fourth-order valence-electron chi connectivity index (χ4n) is 3.00. The molecule has 1 aromatic heterocycles. The lowest BCUT2D eigenvalue weighted by Gasteiger charge is -2.18. The SMILES string of the molecule is COc1ccc2oc(C(=O)OCC(=O)N(C)Cc3ccccc3OC)c(C)c2c1. The molecular weight excluding hydrogens is 374 g/mol. The second-order valence-electron chi connectivity index (χ2n) is 6.56. The number of amides is 1. The number of carbonyl (C=O) groups is 2. The molecule has 0 spiro atoms. The van der Waals surface area contributed by atoms with Crippen molar-refractivity contribution in [3.8, 4) is 11.5 Å². The van der Waals surface area contributed by atoms with E-state index in [9.17, 15) is 9.59 Å². The van der Waals surface area contributed by atoms with Crippen molar-refractivity contribution in [3.05, 3.63) is 59.4 Å². The standard InChI is InChI=1S/C22H23NO6/c1-14-17-11-16(26-3)9-10-19(17)29-21(14)22(25)28-13-20(24)23(2)12-15-7-5-6-8-18(15)27-4/h5-11H,12-13H2,1-4H3. The molecule has 0 unspecified atom stereocenters. The van der Waals surface area contributed by atoms with Crippen molar-refractivity contribution in [2.45, 2.75) is 13.5 Å². The summed E-state index contributed by atoms with van der Waals surface area (Å²) in [6.07, 6.45) is 0. The van der Waals surface area contributed by atoms with Crippen LogP contribution in [0.4, 0.5) is 0 Å². The Labute approximate surface area is 168 Å². The van der Waals surface area contributed by atoms with Gasteiger partial charge in [-0.2, -0.15) is 0 Å². The van der Waals surface area contributed by atoms with Gasteiger partial charge in [0.1, 0.15) is 17.1 Å². The van der Waals surface area contributed by atoms with Gasteiger partial charge in [-0.25, -0.2) is 4.79 Å². The van der Waals surface area contributed by atoms with Crippen LogP contribution < -0.4 is 9.47 Å². The first kappa shape index (κ1) is 20.3. The van der Waals surface area contributed by atoms with Crippen LogP contribution in [0.3, 0.4) is 0 Å². The molecule has 152 valence electrons. The molecule has 0 bridgehead atoms. The van der Waals surface area contributed by atoms with Crippen molar-refractivity contribution >= 4 is 22.8 Å². The molecule has 7 nitrogen and oxygen atoms in total. The highest BCUT2D eigenvalue weighted by Gasteiger charge is 2.21. The summed E-state index contributed by atoms with van der Waals surface area (Å²) in [7, 11) is 4.79. The molecule has 2 aromatic carbocycles. The Kier molecular flexibility index (Phi) is 6.07. The van der Waals surface area contributed by atoms with Gasteiger partial charge in [-0.1, -0.05) is 18.2 Å². The number of hydrogen-bond donors (Lipinski definition) is 0. The quantitative estimate of drug-likeness (QED) is 0.567. The summed E-state index contributed by atoms with van der Waals surface area (Å²) in [5, 5.41) is 0.760. The Hall–Kier alpha value is -3.48. The van der Waals surface area contributed by atoms with Crippen LogP contribution in [0.2, 0.25) is 0 Å². The molecule has 7 heteroatoms. The second-order valence-corrected chi connectivity index (χ2v) is 6.56. The first-order valence-corrected chi connectivity index (χ1v) is 9.04. The van der Waals surface area contributed by atoms with Crippen LogP contribution in [0.5, 0.6) is 11.5 Å². The van der Waals surface area contributed by atoms with E-state index in [0.717, 1.165) is 10.9 Å². The minimum absolute atomic E-state index is 0.0773. The number of aryl methyl sites for hydroxylation is 1. The molecule has 1 amide bonds. The van der Waals surface area contributed by atoms with E-state index in [2.05, 4.69) is 0 Å². The highest BCUT2D eigenvalue weighted by atomic mass is 16.5. The van der Waals surface area contributed by atoms with Gasteiger partial charge in [0.15, 0.2) is 6.61 Å². The number of esters is 1. The lowest BCUT2D eigenvalue weighted by molar-refractivity contribution is -0.133. The van der Waals surface area contributed by atoms with Gasteiger partial charge in [-0.05, 0) is 31.2 Å². The molecule has 3 rings (SSSR count). The Morgan fingerprint density at radius 1 is 1.07 bits per heavy atom. The van der Waals surface area contributed by atoms with Crippen LogP contribution in [-0.4, -0.2) is 44.7 Å². The zero-order chi connectivity index (χ0) is 21.0. The number of benzene rings is 2. The predicted molar refractivity (Wildman–Crippen MR) is 107 cm³/mol. The van der Waals surface area contributed by atoms with Gasteiger partial charge in [-0.3, -0.25) is 4.79 Å². The van der Waals surface area contributed by atoms with Gasteiger partial charge >= 0.3 is 5.97 Å². The Balaban J connectivity index is 1.65. The first-order valence-electron chi connectivity index (χ1n) is 9.04. The third-order valence-electron chi connectivity index (χ3n) is 4.68. The zero-order valence-corrected chi connectivity index (χ0v) is 16.9. The maximum Gasteiger partial charge on any atom is 0.375 e. The Bertz CT molecular complexity index is 1040. The molecule has 0 saturated heterocycles. The molecule has 0 aliphatic carbocycles. The predicted octanol–water partition coefficient (Wildman–Crippen LogP) is 3.57. The van der Waals surface area contributed by atoms with E-state index in [0.29, 0.717) is 29.2 Å². The highest BCUT2D eigenvalue weighted by molar-refractivity contribution is 5.97. The van der Waals surface area contributed by atoms with E-state index in [1.165, 1.54) is 4.90 Å². The minimum Gasteiger partial charge on any atom is -0.497 e. The maximum absolute atomic E-state index is 12.4. The number of methoxy groups -OCH3 is 2. The molecular formula is C22H23NO6. The summed E-state index contributed by atoms with van der Waals surface area (Å²) in [6.45, 7) is 1.71. The highest BCUT2D eigenvalue weighted by Crippen LogP contribution is 2.29. The van der Waals surface area contributed by atoms with Crippen molar-refractivity contribution in [2.24, 2.45) is 0 Å². The summed E-state index contributed by atoms with van der Waals surface area (Å²) < 4.78 is 21.3. The lowest BCUT2D eigenvalue weighted by Crippen LogP contribution is -2.31. The van der Waals surface area contributed by atoms with Gasteiger partial charge in [0.25, 0.3) is 5.91 Å². The second kappa shape index (κ2) is 8.68. The fraction of sp³-hybridized carbons (Fsp3) is 0.273. The van der Waals surface area contributed by atoms with Crippen molar-refractivity contribution in [3.63, 3.8) is 0 Å². The van der Waals surface area contributed by atoms with Crippen LogP contribution in [-0.2, 0) is 16.1 Å². The third kappa shape index (κ3) is 4.34. The zero-order valence-electron chi connectivity index (χ0n) is 16.9. The van der Waals surface area contributed by atoms with Crippen LogP contribution in [0, 0.1) is 6.92 Å². The van der Waals surface area contributed by atoms with E-state index in [-0.39, 0.29) is 18.3 Å². The molecule has 0 aliphatic heterocycles. The monoisotopic (exact) mass is 397 g/mol. The van der Waals surface area contributed by atoms with Gasteiger partial charge in [0.2, 0.25) is 5.76 Å². The third-order valence-corrected chi connectivity index (χ3v) is 4.68. The summed E-state index contributed by atoms with van der Waals surface area (Å²) in [5.74, 6) is 0.414. The number of likely N-dealkylation sites (N-methyl/N-ethyl adjacent to an activating group) is 1. The number of ether oxygens (including phenoxy) is 3. The number of nitrogens with zero attached hydrogens (tertiary/aromatic N) is 1. The molecule has 0 fully saturated rings. The number of hydrogen-bond acceptors (Lipinski definition) is 6. The first-order chi connectivity index (χ1) is 13.9. The average molecular weight is 397 g/mol. The number of fused-ring (bicyclic) bond motifs is 1. The topological polar surface area (TPSA) is 78.2 Å². The summed E-state index contributed by atoms with van der Waals surface area (Å²) in [4.78, 5) is 26.3. The molecule has 0 radical (unpaired) electrons. The fourth-order valence-corrected chi connectivity index (χ4v) is 3.00. The van der Waals surface area contributed by atoms with Crippen LogP contribution in [0.1, 0.15) is 21.7 Å². The van der Waals surface area contributed by atoms with Gasteiger partial charge in [0.05, 0.1) is 14.2 Å². The van der Waals surface area contributed by atoms with Crippen LogP contribution in [0.15, 0.2) is 46.9 Å². The molecule has 0 aliphatic rings. The van der Waals surface area contributed by atoms with Gasteiger partial charge in [-0.15, -0.1) is 0 Å². The minimum atomic E-state index is -0.684. The molecule has 0 atom stereocenters. The maximum atomic E-state index is 12.4. The molecule has 0 saturated carbocycles. The number of rotatable bonds is 7. The Morgan fingerprint density at radius 3 is 2.55 bits per heavy atom. The number of para-hydroxylation sites is 1. The van der Waals surface area contributed by atoms with E-state index in [4.69, 9.17) is 18.6 Å². The Morgan fingerprint density at radius 2 is 1.83 bits per heavy atom. The number of carbonyl (C=O) groups excluding carboxylic acids is 2. The van der Waals surface area contributed by atoms with Gasteiger partial charge in [0, 0.05) is 30.1 Å². The van der Waals surface area contributed by atoms with Crippen molar-refractivity contribution in [1.29, 1.82) is 0 Å². The smallest absolute Gasteiger partial charge is 0.375 e. The largest absolute Gasteiger partial charge is 0.497 e. The van der Waals surface area contributed by atoms with E-state index < -0.39 is 5.97 Å². The van der Waals surface area contributed by atoms with Crippen LogP contribution in [0.25, 0.3) is 11.0 Å². The summed E-state index contributed by atoms with van der Waals surface area (Å²) in [6, 6.07) is 12.7.